The van der Waals surface area contributed by atoms with Crippen molar-refractivity contribution in [3.05, 3.63) is 76.3 Å². The smallest absolute Gasteiger partial charge is 0.230 e. The molecule has 228 valence electrons. The molecule has 3 aromatic rings. The lowest BCUT2D eigenvalue weighted by molar-refractivity contribution is -0.118. The largest absolute Gasteiger partial charge is 0.497 e. The summed E-state index contributed by atoms with van der Waals surface area (Å²) in [6, 6.07) is 15.3. The second-order valence-electron chi connectivity index (χ2n) is 10.0. The minimum Gasteiger partial charge on any atom is -0.497 e. The number of benzene rings is 2. The molecular formula is C31H32N6O5S2. The molecule has 0 bridgehead atoms. The van der Waals surface area contributed by atoms with Gasteiger partial charge in [0, 0.05) is 24.2 Å². The topological polar surface area (TPSA) is 153 Å². The van der Waals surface area contributed by atoms with E-state index >= 15 is 0 Å². The zero-order valence-corrected chi connectivity index (χ0v) is 26.2. The van der Waals surface area contributed by atoms with Crippen molar-refractivity contribution in [3.63, 3.8) is 0 Å². The number of aromatic nitrogens is 2. The number of ketones is 1. The van der Waals surface area contributed by atoms with E-state index in [4.69, 9.17) is 19.9 Å². The fourth-order valence-corrected chi connectivity index (χ4v) is 7.08. The van der Waals surface area contributed by atoms with Gasteiger partial charge in [0.25, 0.3) is 0 Å². The summed E-state index contributed by atoms with van der Waals surface area (Å²) in [5.41, 5.74) is 9.96. The third-order valence-corrected chi connectivity index (χ3v) is 9.48. The predicted molar refractivity (Wildman–Crippen MR) is 168 cm³/mol. The maximum absolute atomic E-state index is 13.4. The Balaban J connectivity index is 1.29. The van der Waals surface area contributed by atoms with Crippen molar-refractivity contribution in [1.82, 2.24) is 15.5 Å². The lowest BCUT2D eigenvalue weighted by atomic mass is 9.76. The molecule has 2 heterocycles. The molecular weight excluding hydrogens is 601 g/mol. The number of nitrogens with zero attached hydrogens (tertiary/aromatic N) is 4. The average molecular weight is 633 g/mol. The molecule has 0 saturated heterocycles. The van der Waals surface area contributed by atoms with E-state index in [1.54, 1.807) is 26.2 Å². The standard InChI is InChI=1S/C31H32N6O5S2/c1-40-20-7-4-6-19(15-20)27-21(16-32)29(33)37(22-8-5-9-23(38)28(22)27)30-35-36-31(44-30)43-17-26(39)34-13-12-18-10-11-24(41-2)25(14-18)42-3/h4,6-7,10-11,14-15,27H,5,8-9,12-13,17,33H2,1-3H3,(H,34,39). The van der Waals surface area contributed by atoms with E-state index in [9.17, 15) is 14.9 Å². The van der Waals surface area contributed by atoms with Crippen LogP contribution in [0.5, 0.6) is 17.2 Å². The highest BCUT2D eigenvalue weighted by atomic mass is 32.2. The van der Waals surface area contributed by atoms with Crippen molar-refractivity contribution in [2.75, 3.05) is 38.5 Å². The number of hydrogen-bond acceptors (Lipinski definition) is 12. The average Bonchev–Trinajstić information content (AvgIpc) is 3.51. The number of rotatable bonds is 11. The number of methoxy groups -OCH3 is 3. The zero-order chi connectivity index (χ0) is 31.2. The first-order chi connectivity index (χ1) is 21.4. The molecule has 44 heavy (non-hydrogen) atoms. The minimum absolute atomic E-state index is 0.0202. The van der Waals surface area contributed by atoms with Crippen molar-refractivity contribution in [3.8, 4) is 23.3 Å². The Hall–Kier alpha value is -4.54. The van der Waals surface area contributed by atoms with Crippen molar-refractivity contribution in [2.45, 2.75) is 35.9 Å². The lowest BCUT2D eigenvalue weighted by Gasteiger charge is -2.38. The van der Waals surface area contributed by atoms with Crippen LogP contribution in [0.2, 0.25) is 0 Å². The molecule has 1 unspecified atom stereocenters. The molecule has 0 fully saturated rings. The highest BCUT2D eigenvalue weighted by Gasteiger charge is 2.41. The molecule has 1 aromatic heterocycles. The first-order valence-electron chi connectivity index (χ1n) is 13.9. The fourth-order valence-electron chi connectivity index (χ4n) is 5.37. The Morgan fingerprint density at radius 3 is 2.70 bits per heavy atom. The number of amides is 1. The van der Waals surface area contributed by atoms with Crippen LogP contribution in [0.15, 0.2) is 69.5 Å². The first kappa shape index (κ1) is 30.9. The summed E-state index contributed by atoms with van der Waals surface area (Å²) in [6.07, 6.45) is 2.29. The number of nitrogens with two attached hydrogens (primary N) is 1. The zero-order valence-electron chi connectivity index (χ0n) is 24.6. The normalized spacial score (nSPS) is 16.4. The van der Waals surface area contributed by atoms with Gasteiger partial charge in [0.15, 0.2) is 21.6 Å². The summed E-state index contributed by atoms with van der Waals surface area (Å²) < 4.78 is 16.6. The van der Waals surface area contributed by atoms with Gasteiger partial charge in [0.05, 0.1) is 44.6 Å². The van der Waals surface area contributed by atoms with E-state index in [-0.39, 0.29) is 28.8 Å². The van der Waals surface area contributed by atoms with Crippen LogP contribution in [0, 0.1) is 11.3 Å². The van der Waals surface area contributed by atoms with Crippen molar-refractivity contribution in [2.24, 2.45) is 5.73 Å². The van der Waals surface area contributed by atoms with Crippen LogP contribution in [0.3, 0.4) is 0 Å². The second-order valence-corrected chi connectivity index (χ2v) is 12.2. The summed E-state index contributed by atoms with van der Waals surface area (Å²) in [7, 11) is 4.74. The van der Waals surface area contributed by atoms with E-state index < -0.39 is 5.92 Å². The number of ether oxygens (including phenoxy) is 3. The minimum atomic E-state index is -0.599. The van der Waals surface area contributed by atoms with E-state index in [1.807, 2.05) is 42.5 Å². The number of nitrogens with one attached hydrogen (secondary N) is 1. The van der Waals surface area contributed by atoms with Gasteiger partial charge in [-0.25, -0.2) is 0 Å². The molecule has 0 saturated carbocycles. The van der Waals surface area contributed by atoms with Crippen molar-refractivity contribution >= 4 is 39.9 Å². The number of Topliss-reactive ketones (excluding diaryl/α,β-unsaturated/α-hetero) is 1. The van der Waals surface area contributed by atoms with Gasteiger partial charge in [0.2, 0.25) is 11.0 Å². The van der Waals surface area contributed by atoms with E-state index in [0.29, 0.717) is 64.5 Å². The molecule has 0 spiro atoms. The number of nitriles is 1. The van der Waals surface area contributed by atoms with Crippen LogP contribution in [0.4, 0.5) is 5.13 Å². The highest BCUT2D eigenvalue weighted by Crippen LogP contribution is 2.47. The van der Waals surface area contributed by atoms with E-state index in [1.165, 1.54) is 23.1 Å². The van der Waals surface area contributed by atoms with Gasteiger partial charge in [0.1, 0.15) is 11.6 Å². The Labute approximate surface area is 263 Å². The van der Waals surface area contributed by atoms with Crippen LogP contribution in [0.1, 0.15) is 36.3 Å². The highest BCUT2D eigenvalue weighted by molar-refractivity contribution is 8.01. The molecule has 1 atom stereocenters. The number of allylic oxidation sites excluding steroid dienone is 3. The molecule has 2 aromatic carbocycles. The Kier molecular flexibility index (Phi) is 9.72. The summed E-state index contributed by atoms with van der Waals surface area (Å²) in [5, 5.41) is 22.2. The van der Waals surface area contributed by atoms with Gasteiger partial charge in [-0.1, -0.05) is 41.3 Å². The van der Waals surface area contributed by atoms with Gasteiger partial charge in [-0.3, -0.25) is 14.5 Å². The molecule has 0 radical (unpaired) electrons. The number of thioether (sulfide) groups is 1. The summed E-state index contributed by atoms with van der Waals surface area (Å²) in [4.78, 5) is 27.6. The van der Waals surface area contributed by atoms with Crippen LogP contribution in [-0.4, -0.2) is 55.5 Å². The van der Waals surface area contributed by atoms with Gasteiger partial charge < -0.3 is 25.3 Å². The quantitative estimate of drug-likeness (QED) is 0.291. The second kappa shape index (κ2) is 13.8. The molecule has 5 rings (SSSR count). The Morgan fingerprint density at radius 2 is 1.95 bits per heavy atom. The monoisotopic (exact) mass is 632 g/mol. The van der Waals surface area contributed by atoms with Gasteiger partial charge in [-0.2, -0.15) is 5.26 Å². The van der Waals surface area contributed by atoms with Crippen LogP contribution in [-0.2, 0) is 16.0 Å². The maximum atomic E-state index is 13.4. The van der Waals surface area contributed by atoms with Gasteiger partial charge >= 0.3 is 0 Å². The maximum Gasteiger partial charge on any atom is 0.230 e. The first-order valence-corrected chi connectivity index (χ1v) is 15.7. The van der Waals surface area contributed by atoms with E-state index in [2.05, 4.69) is 21.6 Å². The van der Waals surface area contributed by atoms with Gasteiger partial charge in [-0.05, 0) is 54.7 Å². The van der Waals surface area contributed by atoms with Crippen LogP contribution >= 0.6 is 23.1 Å². The number of carbonyl (C=O) groups is 2. The van der Waals surface area contributed by atoms with Crippen LogP contribution < -0.4 is 30.2 Å². The summed E-state index contributed by atoms with van der Waals surface area (Å²) in [5.74, 6) is 1.53. The van der Waals surface area contributed by atoms with Crippen LogP contribution in [0.25, 0.3) is 0 Å². The Morgan fingerprint density at radius 1 is 1.14 bits per heavy atom. The number of anilines is 1. The fraction of sp³-hybridized carbons (Fsp3) is 0.323. The predicted octanol–water partition coefficient (Wildman–Crippen LogP) is 4.32. The Bertz CT molecular complexity index is 1680. The molecule has 1 aliphatic heterocycles. The van der Waals surface area contributed by atoms with Crippen molar-refractivity contribution in [1.29, 1.82) is 5.26 Å². The summed E-state index contributed by atoms with van der Waals surface area (Å²) >= 11 is 2.52. The number of carbonyl (C=O) groups excluding carboxylic acids is 2. The molecule has 3 N–H and O–H groups in total. The molecule has 2 aliphatic rings. The third kappa shape index (κ3) is 6.36. The molecule has 11 nitrogen and oxygen atoms in total. The van der Waals surface area contributed by atoms with Crippen molar-refractivity contribution < 1.29 is 23.8 Å². The SMILES string of the molecule is COc1cccc(C2C(C#N)=C(N)N(c3nnc(SCC(=O)NCCc4ccc(OC)c(OC)c4)s3)C3=C2C(=O)CCC3)c1. The number of hydrogen-bond donors (Lipinski definition) is 2. The molecule has 1 aliphatic carbocycles. The molecule has 1 amide bonds. The lowest BCUT2D eigenvalue weighted by Crippen LogP contribution is -2.38. The molecule has 13 heteroatoms. The third-order valence-electron chi connectivity index (χ3n) is 7.44. The van der Waals surface area contributed by atoms with Gasteiger partial charge in [-0.15, -0.1) is 10.2 Å². The van der Waals surface area contributed by atoms with E-state index in [0.717, 1.165) is 16.8 Å². The summed E-state index contributed by atoms with van der Waals surface area (Å²) in [6.45, 7) is 0.460.